The van der Waals surface area contributed by atoms with Crippen LogP contribution >= 0.6 is 0 Å². The number of benzene rings is 1. The minimum absolute atomic E-state index is 0.209. The number of hydrogen-bond acceptors (Lipinski definition) is 5. The predicted molar refractivity (Wildman–Crippen MR) is 72.3 cm³/mol. The molecule has 0 aliphatic rings. The summed E-state index contributed by atoms with van der Waals surface area (Å²) in [5, 5.41) is 2.68. The van der Waals surface area contributed by atoms with Crippen LogP contribution in [-0.2, 0) is 13.2 Å². The third-order valence-corrected chi connectivity index (χ3v) is 2.87. The highest BCUT2D eigenvalue weighted by Gasteiger charge is 2.04. The van der Waals surface area contributed by atoms with Gasteiger partial charge in [0.25, 0.3) is 11.3 Å². The van der Waals surface area contributed by atoms with Gasteiger partial charge in [-0.3, -0.25) is 9.89 Å². The second kappa shape index (κ2) is 5.14. The van der Waals surface area contributed by atoms with Gasteiger partial charge < -0.3 is 10.5 Å². The van der Waals surface area contributed by atoms with Crippen LogP contribution < -0.4 is 16.0 Å². The molecule has 0 spiro atoms. The Labute approximate surface area is 114 Å². The molecular weight excluding hydrogens is 258 g/mol. The minimum Gasteiger partial charge on any atom is -0.487 e. The van der Waals surface area contributed by atoms with Crippen molar-refractivity contribution in [2.45, 2.75) is 13.2 Å². The number of hydrogen-bond donors (Lipinski definition) is 2. The molecule has 0 saturated carbocycles. The van der Waals surface area contributed by atoms with Gasteiger partial charge >= 0.3 is 0 Å². The Morgan fingerprint density at radius 3 is 2.85 bits per heavy atom. The lowest BCUT2D eigenvalue weighted by atomic mass is 10.2. The number of nitrogens with zero attached hydrogens (tertiary/aromatic N) is 3. The summed E-state index contributed by atoms with van der Waals surface area (Å²) in [7, 11) is 0. The average Bonchev–Trinajstić information content (AvgIpc) is 2.94. The zero-order valence-corrected chi connectivity index (χ0v) is 10.6. The van der Waals surface area contributed by atoms with E-state index in [9.17, 15) is 4.79 Å². The highest BCUT2D eigenvalue weighted by Crippen LogP contribution is 2.13. The molecule has 0 aliphatic heterocycles. The number of fused-ring (bicyclic) bond motifs is 1. The van der Waals surface area contributed by atoms with Gasteiger partial charge in [0.05, 0.1) is 5.69 Å². The Morgan fingerprint density at radius 1 is 1.30 bits per heavy atom. The monoisotopic (exact) mass is 271 g/mol. The van der Waals surface area contributed by atoms with E-state index in [0.717, 1.165) is 5.56 Å². The summed E-state index contributed by atoms with van der Waals surface area (Å²) < 4.78 is 6.85. The summed E-state index contributed by atoms with van der Waals surface area (Å²) in [6.45, 7) is 0.703. The largest absolute Gasteiger partial charge is 0.487 e. The van der Waals surface area contributed by atoms with Gasteiger partial charge in [0, 0.05) is 12.6 Å². The van der Waals surface area contributed by atoms with E-state index in [1.54, 1.807) is 0 Å². The third kappa shape index (κ3) is 2.39. The summed E-state index contributed by atoms with van der Waals surface area (Å²) >= 11 is 0. The van der Waals surface area contributed by atoms with E-state index in [1.165, 1.54) is 16.9 Å². The summed E-state index contributed by atoms with van der Waals surface area (Å²) in [5.41, 5.74) is 6.87. The smallest absolute Gasteiger partial charge is 0.274 e. The molecule has 2 aromatic heterocycles. The fourth-order valence-electron chi connectivity index (χ4n) is 1.82. The molecule has 0 bridgehead atoms. The number of H-pyrrole nitrogens is 1. The molecule has 1 aromatic carbocycles. The molecule has 0 fully saturated rings. The quantitative estimate of drug-likeness (QED) is 0.718. The van der Waals surface area contributed by atoms with Gasteiger partial charge in [0.2, 0.25) is 0 Å². The molecule has 0 aliphatic carbocycles. The predicted octanol–water partition coefficient (Wildman–Crippen LogP) is 0.455. The lowest BCUT2D eigenvalue weighted by Gasteiger charge is -2.06. The molecule has 3 aromatic rings. The first-order chi connectivity index (χ1) is 9.76. The van der Waals surface area contributed by atoms with Crippen molar-refractivity contribution in [3.8, 4) is 5.75 Å². The molecular formula is C13H13N5O2. The van der Waals surface area contributed by atoms with Crippen molar-refractivity contribution in [1.82, 2.24) is 19.6 Å². The van der Waals surface area contributed by atoms with Gasteiger partial charge in [-0.1, -0.05) is 12.1 Å². The summed E-state index contributed by atoms with van der Waals surface area (Å²) in [6, 6.07) is 8.88. The second-order valence-electron chi connectivity index (χ2n) is 4.25. The topological polar surface area (TPSA) is 98.3 Å². The molecule has 7 nitrogen and oxygen atoms in total. The molecule has 2 heterocycles. The lowest BCUT2D eigenvalue weighted by Crippen LogP contribution is -2.16. The van der Waals surface area contributed by atoms with E-state index in [1.807, 2.05) is 24.3 Å². The Kier molecular flexibility index (Phi) is 3.18. The maximum absolute atomic E-state index is 11.7. The fourth-order valence-corrected chi connectivity index (χ4v) is 1.82. The Balaban J connectivity index is 1.77. The molecule has 20 heavy (non-hydrogen) atoms. The van der Waals surface area contributed by atoms with Gasteiger partial charge in [-0.05, 0) is 17.7 Å². The van der Waals surface area contributed by atoms with Gasteiger partial charge in [-0.2, -0.15) is 4.52 Å². The standard InChI is InChI=1S/C13H13N5O2/c14-6-9-1-3-11(4-2-9)20-7-10-5-12(19)18-13(17-10)15-8-16-18/h1-5,8H,6-7,14H2,(H,15,16,17). The highest BCUT2D eigenvalue weighted by molar-refractivity contribution is 5.28. The van der Waals surface area contributed by atoms with Crippen LogP contribution in [0.5, 0.6) is 5.75 Å². The van der Waals surface area contributed by atoms with Crippen LogP contribution in [0.4, 0.5) is 0 Å². The SMILES string of the molecule is NCc1ccc(OCc2cc(=O)n3[nH]cnc3n2)cc1. The fraction of sp³-hybridized carbons (Fsp3) is 0.154. The molecule has 102 valence electrons. The highest BCUT2D eigenvalue weighted by atomic mass is 16.5. The van der Waals surface area contributed by atoms with Gasteiger partial charge in [-0.15, -0.1) is 0 Å². The van der Waals surface area contributed by atoms with Crippen LogP contribution in [0.2, 0.25) is 0 Å². The summed E-state index contributed by atoms with van der Waals surface area (Å²) in [4.78, 5) is 19.9. The third-order valence-electron chi connectivity index (χ3n) is 2.87. The molecule has 3 N–H and O–H groups in total. The Morgan fingerprint density at radius 2 is 2.10 bits per heavy atom. The number of nitrogens with one attached hydrogen (secondary N) is 1. The van der Waals surface area contributed by atoms with E-state index < -0.39 is 0 Å². The minimum atomic E-state index is -0.218. The van der Waals surface area contributed by atoms with Gasteiger partial charge in [0.1, 0.15) is 18.7 Å². The normalized spacial score (nSPS) is 10.8. The molecule has 0 unspecified atom stereocenters. The number of aromatic nitrogens is 4. The first-order valence-corrected chi connectivity index (χ1v) is 6.10. The number of aromatic amines is 1. The number of nitrogens with two attached hydrogens (primary N) is 1. The van der Waals surface area contributed by atoms with E-state index in [0.29, 0.717) is 23.8 Å². The van der Waals surface area contributed by atoms with Crippen LogP contribution in [0.1, 0.15) is 11.3 Å². The van der Waals surface area contributed by atoms with E-state index in [2.05, 4.69) is 15.1 Å². The van der Waals surface area contributed by atoms with Crippen molar-refractivity contribution in [2.24, 2.45) is 5.73 Å². The molecule has 3 rings (SSSR count). The van der Waals surface area contributed by atoms with Gasteiger partial charge in [-0.25, -0.2) is 9.97 Å². The van der Waals surface area contributed by atoms with Crippen molar-refractivity contribution < 1.29 is 4.74 Å². The first kappa shape index (κ1) is 12.4. The first-order valence-electron chi connectivity index (χ1n) is 6.10. The van der Waals surface area contributed by atoms with E-state index >= 15 is 0 Å². The van der Waals surface area contributed by atoms with E-state index in [4.69, 9.17) is 10.5 Å². The maximum atomic E-state index is 11.7. The van der Waals surface area contributed by atoms with Crippen molar-refractivity contribution >= 4 is 5.78 Å². The van der Waals surface area contributed by atoms with Crippen LogP contribution in [0.3, 0.4) is 0 Å². The zero-order chi connectivity index (χ0) is 13.9. The Hall–Kier alpha value is -2.67. The molecule has 7 heteroatoms. The van der Waals surface area contributed by atoms with Crippen molar-refractivity contribution in [3.63, 3.8) is 0 Å². The maximum Gasteiger partial charge on any atom is 0.274 e. The van der Waals surface area contributed by atoms with E-state index in [-0.39, 0.29) is 12.2 Å². The van der Waals surface area contributed by atoms with Crippen LogP contribution in [0.15, 0.2) is 41.5 Å². The van der Waals surface area contributed by atoms with Crippen molar-refractivity contribution in [1.29, 1.82) is 0 Å². The molecule has 0 atom stereocenters. The van der Waals surface area contributed by atoms with Crippen LogP contribution in [0.25, 0.3) is 5.78 Å². The van der Waals surface area contributed by atoms with Crippen LogP contribution in [0, 0.1) is 0 Å². The molecule has 0 saturated heterocycles. The number of rotatable bonds is 4. The lowest BCUT2D eigenvalue weighted by molar-refractivity contribution is 0.301. The number of ether oxygens (including phenoxy) is 1. The second-order valence-corrected chi connectivity index (χ2v) is 4.25. The van der Waals surface area contributed by atoms with Crippen molar-refractivity contribution in [3.05, 3.63) is 58.3 Å². The summed E-state index contributed by atoms with van der Waals surface area (Å²) in [6.07, 6.45) is 1.42. The zero-order valence-electron chi connectivity index (χ0n) is 10.6. The molecule has 0 radical (unpaired) electrons. The summed E-state index contributed by atoms with van der Waals surface area (Å²) in [5.74, 6) is 1.03. The Bertz CT molecular complexity index is 775. The van der Waals surface area contributed by atoms with Crippen molar-refractivity contribution in [2.75, 3.05) is 0 Å². The van der Waals surface area contributed by atoms with Crippen LogP contribution in [-0.4, -0.2) is 19.6 Å². The van der Waals surface area contributed by atoms with Gasteiger partial charge in [0.15, 0.2) is 0 Å². The average molecular weight is 271 g/mol. The molecule has 0 amide bonds.